The van der Waals surface area contributed by atoms with Gasteiger partial charge >= 0.3 is 0 Å². The Morgan fingerprint density at radius 3 is 1.34 bits per heavy atom. The maximum absolute atomic E-state index is 11.6. The van der Waals surface area contributed by atoms with E-state index in [2.05, 4.69) is 40.5 Å². The highest BCUT2D eigenvalue weighted by atomic mass is 35.5. The summed E-state index contributed by atoms with van der Waals surface area (Å²) < 4.78 is 0. The van der Waals surface area contributed by atoms with Gasteiger partial charge < -0.3 is 10.6 Å². The highest BCUT2D eigenvalue weighted by Crippen LogP contribution is 2.11. The van der Waals surface area contributed by atoms with Gasteiger partial charge in [0.25, 0.3) is 11.8 Å². The number of nitrogens with zero attached hydrogens (tertiary/aromatic N) is 6. The summed E-state index contributed by atoms with van der Waals surface area (Å²) in [6.45, 7) is 0. The van der Waals surface area contributed by atoms with E-state index in [-0.39, 0.29) is 23.2 Å². The van der Waals surface area contributed by atoms with Crippen LogP contribution >= 0.6 is 23.2 Å². The highest BCUT2D eigenvalue weighted by molar-refractivity contribution is 6.30. The Hall–Kier alpha value is -4.02. The number of nitrogens with one attached hydrogen (secondary N) is 2. The summed E-state index contributed by atoms with van der Waals surface area (Å²) >= 11 is 11.3. The first-order valence-electron chi connectivity index (χ1n) is 8.89. The summed E-state index contributed by atoms with van der Waals surface area (Å²) in [5.74, 6) is 0.117. The zero-order valence-corrected chi connectivity index (χ0v) is 17.7. The molecule has 0 unspecified atom stereocenters. The normalized spacial score (nSPS) is 9.81. The van der Waals surface area contributed by atoms with E-state index in [0.717, 1.165) is 0 Å². The lowest BCUT2D eigenvalue weighted by molar-refractivity contribution is 0.101. The highest BCUT2D eigenvalue weighted by Gasteiger charge is 2.08. The Labute approximate surface area is 192 Å². The van der Waals surface area contributed by atoms with Crippen LogP contribution in [0.1, 0.15) is 21.0 Å². The molecule has 4 aromatic rings. The molecule has 4 heterocycles. The van der Waals surface area contributed by atoms with Crippen LogP contribution in [-0.2, 0) is 0 Å². The van der Waals surface area contributed by atoms with Crippen LogP contribution in [0.15, 0.2) is 73.8 Å². The first-order chi connectivity index (χ1) is 15.5. The van der Waals surface area contributed by atoms with E-state index < -0.39 is 0 Å². The quantitative estimate of drug-likeness (QED) is 0.463. The molecule has 0 atom stereocenters. The number of halogens is 2. The van der Waals surface area contributed by atoms with Gasteiger partial charge in [-0.15, -0.1) is 0 Å². The summed E-state index contributed by atoms with van der Waals surface area (Å²) in [4.78, 5) is 46.4. The van der Waals surface area contributed by atoms with Gasteiger partial charge in [-0.1, -0.05) is 23.2 Å². The zero-order valence-electron chi connectivity index (χ0n) is 16.2. The van der Waals surface area contributed by atoms with Crippen LogP contribution in [0.25, 0.3) is 0 Å². The molecule has 0 aromatic carbocycles. The molecule has 0 aliphatic rings. The molecular formula is C20H14Cl2N8O2. The smallest absolute Gasteiger partial charge is 0.277 e. The number of hydrogen-bond donors (Lipinski definition) is 2. The van der Waals surface area contributed by atoms with E-state index in [0.29, 0.717) is 21.7 Å². The standard InChI is InChI=1S/2C10H7ClN4O/c2*11-7-1-2-9(14-5-7)15-10(16)8-6-12-3-4-13-8/h2*1-6H,(H,14,15,16). The van der Waals surface area contributed by atoms with Gasteiger partial charge in [0.1, 0.15) is 23.0 Å². The first kappa shape index (κ1) is 22.7. The third-order valence-corrected chi connectivity index (χ3v) is 3.98. The molecule has 0 fully saturated rings. The lowest BCUT2D eigenvalue weighted by Gasteiger charge is -2.02. The molecule has 0 aliphatic carbocycles. The second-order valence-corrected chi connectivity index (χ2v) is 6.69. The largest absolute Gasteiger partial charge is 0.305 e. The first-order valence-corrected chi connectivity index (χ1v) is 9.64. The molecular weight excluding hydrogens is 455 g/mol. The van der Waals surface area contributed by atoms with Crippen molar-refractivity contribution in [2.75, 3.05) is 10.6 Å². The Bertz CT molecular complexity index is 1070. The third-order valence-electron chi connectivity index (χ3n) is 3.53. The number of anilines is 2. The molecule has 2 amide bonds. The van der Waals surface area contributed by atoms with Crippen LogP contribution in [0.3, 0.4) is 0 Å². The number of carbonyl (C=O) groups excluding carboxylic acids is 2. The predicted octanol–water partition coefficient (Wildman–Crippen LogP) is 3.55. The summed E-state index contributed by atoms with van der Waals surface area (Å²) in [6.07, 6.45) is 11.6. The fourth-order valence-corrected chi connectivity index (χ4v) is 2.32. The second kappa shape index (κ2) is 11.4. The van der Waals surface area contributed by atoms with Crippen LogP contribution < -0.4 is 10.6 Å². The van der Waals surface area contributed by atoms with Gasteiger partial charge in [-0.25, -0.2) is 19.9 Å². The summed E-state index contributed by atoms with van der Waals surface area (Å²) in [7, 11) is 0. The van der Waals surface area contributed by atoms with Crippen molar-refractivity contribution in [1.29, 1.82) is 0 Å². The number of amides is 2. The minimum atomic E-state index is -0.358. The zero-order chi connectivity index (χ0) is 22.8. The van der Waals surface area contributed by atoms with Gasteiger partial charge in [0.15, 0.2) is 0 Å². The van der Waals surface area contributed by atoms with Gasteiger partial charge in [-0.2, -0.15) is 0 Å². The SMILES string of the molecule is O=C(Nc1ccc(Cl)cn1)c1cnccn1.O=C(Nc1ccc(Cl)cn1)c1cnccn1. The number of hydrogen-bond acceptors (Lipinski definition) is 8. The molecule has 0 spiro atoms. The second-order valence-electron chi connectivity index (χ2n) is 5.81. The summed E-state index contributed by atoms with van der Waals surface area (Å²) in [5.41, 5.74) is 0.471. The maximum Gasteiger partial charge on any atom is 0.277 e. The molecule has 160 valence electrons. The number of pyridine rings is 2. The molecule has 4 aromatic heterocycles. The van der Waals surface area contributed by atoms with Gasteiger partial charge in [-0.05, 0) is 24.3 Å². The van der Waals surface area contributed by atoms with E-state index in [1.54, 1.807) is 24.3 Å². The van der Waals surface area contributed by atoms with E-state index in [4.69, 9.17) is 23.2 Å². The van der Waals surface area contributed by atoms with E-state index in [9.17, 15) is 9.59 Å². The molecule has 32 heavy (non-hydrogen) atoms. The van der Waals surface area contributed by atoms with Crippen LogP contribution in [0.5, 0.6) is 0 Å². The Morgan fingerprint density at radius 2 is 1.03 bits per heavy atom. The molecule has 4 rings (SSSR count). The van der Waals surface area contributed by atoms with Gasteiger partial charge in [0.05, 0.1) is 22.4 Å². The fraction of sp³-hybridized carbons (Fsp3) is 0. The van der Waals surface area contributed by atoms with Crippen molar-refractivity contribution < 1.29 is 9.59 Å². The van der Waals surface area contributed by atoms with E-state index >= 15 is 0 Å². The molecule has 12 heteroatoms. The Kier molecular flexibility index (Phi) is 8.07. The van der Waals surface area contributed by atoms with Crippen molar-refractivity contribution in [1.82, 2.24) is 29.9 Å². The van der Waals surface area contributed by atoms with Crippen molar-refractivity contribution in [3.05, 3.63) is 95.3 Å². The minimum absolute atomic E-state index is 0.235. The molecule has 0 saturated heterocycles. The van der Waals surface area contributed by atoms with E-state index in [1.807, 2.05) is 0 Å². The minimum Gasteiger partial charge on any atom is -0.305 e. The Morgan fingerprint density at radius 1 is 0.594 bits per heavy atom. The molecule has 0 saturated carbocycles. The summed E-state index contributed by atoms with van der Waals surface area (Å²) in [5, 5.41) is 6.17. The monoisotopic (exact) mass is 468 g/mol. The van der Waals surface area contributed by atoms with Crippen LogP contribution in [0.4, 0.5) is 11.6 Å². The predicted molar refractivity (Wildman–Crippen MR) is 118 cm³/mol. The van der Waals surface area contributed by atoms with Crippen LogP contribution in [0, 0.1) is 0 Å². The van der Waals surface area contributed by atoms with Gasteiger partial charge in [0.2, 0.25) is 0 Å². The van der Waals surface area contributed by atoms with Gasteiger partial charge in [0, 0.05) is 37.2 Å². The molecule has 0 aliphatic heterocycles. The maximum atomic E-state index is 11.6. The van der Waals surface area contributed by atoms with Crippen molar-refractivity contribution >= 4 is 46.7 Å². The number of rotatable bonds is 4. The van der Waals surface area contributed by atoms with Crippen molar-refractivity contribution in [2.24, 2.45) is 0 Å². The summed E-state index contributed by atoms with van der Waals surface area (Å²) in [6, 6.07) is 6.49. The van der Waals surface area contributed by atoms with Crippen molar-refractivity contribution in [3.63, 3.8) is 0 Å². The van der Waals surface area contributed by atoms with Gasteiger partial charge in [-0.3, -0.25) is 19.6 Å². The molecule has 2 N–H and O–H groups in total. The van der Waals surface area contributed by atoms with Crippen molar-refractivity contribution in [2.45, 2.75) is 0 Å². The molecule has 10 nitrogen and oxygen atoms in total. The number of carbonyl (C=O) groups is 2. The Balaban J connectivity index is 0.000000181. The van der Waals surface area contributed by atoms with Crippen LogP contribution in [0.2, 0.25) is 10.0 Å². The number of aromatic nitrogens is 6. The van der Waals surface area contributed by atoms with E-state index in [1.165, 1.54) is 49.6 Å². The average Bonchev–Trinajstić information content (AvgIpc) is 2.83. The lowest BCUT2D eigenvalue weighted by Crippen LogP contribution is -2.14. The third kappa shape index (κ3) is 7.04. The van der Waals surface area contributed by atoms with Crippen molar-refractivity contribution in [3.8, 4) is 0 Å². The molecule has 0 bridgehead atoms. The lowest BCUT2D eigenvalue weighted by atomic mass is 10.4. The average molecular weight is 469 g/mol. The topological polar surface area (TPSA) is 136 Å². The molecule has 0 radical (unpaired) electrons. The van der Waals surface area contributed by atoms with Crippen LogP contribution in [-0.4, -0.2) is 41.7 Å². The fourth-order valence-electron chi connectivity index (χ4n) is 2.09.